The molecule has 1 fully saturated rings. The molecule has 1 aliphatic heterocycles. The molecule has 0 N–H and O–H groups in total. The predicted molar refractivity (Wildman–Crippen MR) is 102 cm³/mol. The number of carbonyl (C=O) groups is 1. The molecule has 1 saturated heterocycles. The van der Waals surface area contributed by atoms with Crippen molar-refractivity contribution in [2.45, 2.75) is 32.6 Å². The molecule has 4 heteroatoms. The highest BCUT2D eigenvalue weighted by molar-refractivity contribution is 5.85. The Labute approximate surface area is 153 Å². The molecule has 0 spiro atoms. The lowest BCUT2D eigenvalue weighted by Gasteiger charge is -2.32. The van der Waals surface area contributed by atoms with Crippen molar-refractivity contribution in [1.29, 1.82) is 0 Å². The van der Waals surface area contributed by atoms with Crippen LogP contribution in [0.2, 0.25) is 0 Å². The van der Waals surface area contributed by atoms with Gasteiger partial charge in [-0.25, -0.2) is 4.39 Å². The number of piperidine rings is 1. The highest BCUT2D eigenvalue weighted by Crippen LogP contribution is 2.30. The number of fused-ring (bicyclic) bond motifs is 1. The second-order valence-corrected chi connectivity index (χ2v) is 7.21. The van der Waals surface area contributed by atoms with Crippen molar-refractivity contribution in [3.05, 3.63) is 65.6 Å². The van der Waals surface area contributed by atoms with Crippen LogP contribution in [0, 0.1) is 12.7 Å². The normalized spacial score (nSPS) is 17.7. The van der Waals surface area contributed by atoms with Crippen LogP contribution in [0.15, 0.2) is 48.7 Å². The summed E-state index contributed by atoms with van der Waals surface area (Å²) in [6, 6.07) is 13.6. The summed E-state index contributed by atoms with van der Waals surface area (Å²) in [5.41, 5.74) is 4.24. The van der Waals surface area contributed by atoms with E-state index in [0.29, 0.717) is 11.3 Å². The molecule has 1 aromatic heterocycles. The third kappa shape index (κ3) is 2.90. The molecular weight excluding hydrogens is 327 g/mol. The summed E-state index contributed by atoms with van der Waals surface area (Å²) in [4.78, 5) is 13.7. The number of benzene rings is 2. The van der Waals surface area contributed by atoms with E-state index in [-0.39, 0.29) is 11.7 Å². The Hall–Kier alpha value is -2.62. The van der Waals surface area contributed by atoms with Gasteiger partial charge in [0.15, 0.2) is 0 Å². The number of hydrogen-bond acceptors (Lipinski definition) is 1. The first kappa shape index (κ1) is 16.8. The van der Waals surface area contributed by atoms with Crippen molar-refractivity contribution < 1.29 is 9.18 Å². The van der Waals surface area contributed by atoms with Gasteiger partial charge in [0.1, 0.15) is 5.82 Å². The van der Waals surface area contributed by atoms with Gasteiger partial charge in [0.25, 0.3) is 0 Å². The fraction of sp³-hybridized carbons (Fsp3) is 0.318. The van der Waals surface area contributed by atoms with Crippen molar-refractivity contribution in [2.24, 2.45) is 0 Å². The number of likely N-dealkylation sites (tertiary alicyclic amines) is 1. The van der Waals surface area contributed by atoms with E-state index in [2.05, 4.69) is 28.8 Å². The maximum Gasteiger partial charge on any atom is 0.219 e. The van der Waals surface area contributed by atoms with Crippen LogP contribution < -0.4 is 0 Å². The van der Waals surface area contributed by atoms with Crippen LogP contribution in [0.5, 0.6) is 0 Å². The van der Waals surface area contributed by atoms with Crippen LogP contribution in [0.4, 0.5) is 4.39 Å². The zero-order valence-electron chi connectivity index (χ0n) is 15.2. The lowest BCUT2D eigenvalue weighted by atomic mass is 9.90. The molecule has 0 aliphatic carbocycles. The molecule has 4 rings (SSSR count). The lowest BCUT2D eigenvalue weighted by Crippen LogP contribution is -2.37. The first-order chi connectivity index (χ1) is 12.5. The van der Waals surface area contributed by atoms with Gasteiger partial charge >= 0.3 is 0 Å². The standard InChI is InChI=1S/C22H23FN2O/c1-15-8-9-21(23)20-10-12-25(22(15)20)19-7-3-5-17(13-19)18-6-4-11-24(14-18)16(2)26/h3,5,7-10,12-13,18H,4,6,11,14H2,1-2H3. The number of aromatic nitrogens is 1. The van der Waals surface area contributed by atoms with Crippen LogP contribution in [-0.4, -0.2) is 28.5 Å². The van der Waals surface area contributed by atoms with E-state index in [0.717, 1.165) is 42.7 Å². The van der Waals surface area contributed by atoms with Crippen LogP contribution in [0.3, 0.4) is 0 Å². The first-order valence-corrected chi connectivity index (χ1v) is 9.16. The minimum Gasteiger partial charge on any atom is -0.342 e. The summed E-state index contributed by atoms with van der Waals surface area (Å²) in [7, 11) is 0. The number of carbonyl (C=O) groups excluding carboxylic acids is 1. The second-order valence-electron chi connectivity index (χ2n) is 7.21. The molecule has 1 amide bonds. The Morgan fingerprint density at radius 1 is 1.19 bits per heavy atom. The quantitative estimate of drug-likeness (QED) is 0.651. The second kappa shape index (κ2) is 6.60. The Kier molecular flexibility index (Phi) is 4.27. The SMILES string of the molecule is CC(=O)N1CCCC(c2cccc(-n3ccc4c(F)ccc(C)c43)c2)C1. The Bertz CT molecular complexity index is 975. The van der Waals surface area contributed by atoms with Gasteiger partial charge in [0.2, 0.25) is 5.91 Å². The fourth-order valence-corrected chi connectivity index (χ4v) is 4.07. The molecule has 2 aromatic carbocycles. The van der Waals surface area contributed by atoms with Crippen LogP contribution in [-0.2, 0) is 4.79 Å². The number of aryl methyl sites for hydroxylation is 1. The monoisotopic (exact) mass is 350 g/mol. The van der Waals surface area contributed by atoms with Crippen molar-refractivity contribution in [2.75, 3.05) is 13.1 Å². The Morgan fingerprint density at radius 2 is 2.04 bits per heavy atom. The summed E-state index contributed by atoms with van der Waals surface area (Å²) < 4.78 is 16.2. The van der Waals surface area contributed by atoms with Crippen molar-refractivity contribution >= 4 is 16.8 Å². The Morgan fingerprint density at radius 3 is 2.85 bits per heavy atom. The van der Waals surface area contributed by atoms with Crippen molar-refractivity contribution in [3.63, 3.8) is 0 Å². The molecule has 1 atom stereocenters. The van der Waals surface area contributed by atoms with Gasteiger partial charge in [0, 0.05) is 43.2 Å². The van der Waals surface area contributed by atoms with E-state index in [1.54, 1.807) is 6.92 Å². The topological polar surface area (TPSA) is 25.2 Å². The first-order valence-electron chi connectivity index (χ1n) is 9.16. The molecule has 3 nitrogen and oxygen atoms in total. The maximum absolute atomic E-state index is 14.1. The van der Waals surface area contributed by atoms with E-state index in [4.69, 9.17) is 0 Å². The summed E-state index contributed by atoms with van der Waals surface area (Å²) in [5.74, 6) is 0.311. The maximum atomic E-state index is 14.1. The molecule has 0 bridgehead atoms. The van der Waals surface area contributed by atoms with Crippen LogP contribution in [0.1, 0.15) is 36.8 Å². The summed E-state index contributed by atoms with van der Waals surface area (Å²) >= 11 is 0. The summed E-state index contributed by atoms with van der Waals surface area (Å²) in [6.45, 7) is 5.28. The molecule has 3 aromatic rings. The predicted octanol–water partition coefficient (Wildman–Crippen LogP) is 4.80. The largest absolute Gasteiger partial charge is 0.342 e. The van der Waals surface area contributed by atoms with Crippen LogP contribution in [0.25, 0.3) is 16.6 Å². The minimum absolute atomic E-state index is 0.147. The third-order valence-corrected chi connectivity index (χ3v) is 5.48. The molecule has 0 radical (unpaired) electrons. The molecular formula is C22H23FN2O. The van der Waals surface area contributed by atoms with Gasteiger partial charge in [-0.2, -0.15) is 0 Å². The molecule has 2 heterocycles. The molecule has 26 heavy (non-hydrogen) atoms. The van der Waals surface area contributed by atoms with E-state index in [1.165, 1.54) is 11.6 Å². The number of halogens is 1. The van der Waals surface area contributed by atoms with Gasteiger partial charge in [0.05, 0.1) is 5.52 Å². The van der Waals surface area contributed by atoms with Gasteiger partial charge in [-0.3, -0.25) is 4.79 Å². The van der Waals surface area contributed by atoms with E-state index in [9.17, 15) is 9.18 Å². The van der Waals surface area contributed by atoms with Gasteiger partial charge < -0.3 is 9.47 Å². The average Bonchev–Trinajstić information content (AvgIpc) is 3.11. The van der Waals surface area contributed by atoms with E-state index < -0.39 is 0 Å². The van der Waals surface area contributed by atoms with Gasteiger partial charge in [-0.1, -0.05) is 18.2 Å². The van der Waals surface area contributed by atoms with Crippen LogP contribution >= 0.6 is 0 Å². The molecule has 1 aliphatic rings. The zero-order valence-corrected chi connectivity index (χ0v) is 15.2. The van der Waals surface area contributed by atoms with E-state index in [1.807, 2.05) is 30.2 Å². The summed E-state index contributed by atoms with van der Waals surface area (Å²) in [5, 5.41) is 0.649. The average molecular weight is 350 g/mol. The third-order valence-electron chi connectivity index (χ3n) is 5.48. The molecule has 134 valence electrons. The number of nitrogens with zero attached hydrogens (tertiary/aromatic N) is 2. The Balaban J connectivity index is 1.73. The minimum atomic E-state index is -0.190. The van der Waals surface area contributed by atoms with Crippen molar-refractivity contribution in [3.8, 4) is 5.69 Å². The van der Waals surface area contributed by atoms with Gasteiger partial charge in [-0.05, 0) is 55.2 Å². The zero-order chi connectivity index (χ0) is 18.3. The summed E-state index contributed by atoms with van der Waals surface area (Å²) in [6.07, 6.45) is 4.06. The molecule has 1 unspecified atom stereocenters. The fourth-order valence-electron chi connectivity index (χ4n) is 4.07. The number of rotatable bonds is 2. The lowest BCUT2D eigenvalue weighted by molar-refractivity contribution is -0.130. The highest BCUT2D eigenvalue weighted by atomic mass is 19.1. The van der Waals surface area contributed by atoms with Gasteiger partial charge in [-0.15, -0.1) is 0 Å². The molecule has 0 saturated carbocycles. The van der Waals surface area contributed by atoms with Crippen molar-refractivity contribution in [1.82, 2.24) is 9.47 Å². The van der Waals surface area contributed by atoms with E-state index >= 15 is 0 Å². The number of amides is 1. The number of hydrogen-bond donors (Lipinski definition) is 0. The highest BCUT2D eigenvalue weighted by Gasteiger charge is 2.23. The smallest absolute Gasteiger partial charge is 0.219 e.